The normalized spacial score (nSPS) is 21.2. The van der Waals surface area contributed by atoms with Gasteiger partial charge in [-0.1, -0.05) is 212 Å². The van der Waals surface area contributed by atoms with Crippen molar-refractivity contribution in [3.05, 3.63) is 24.3 Å². The molecule has 0 spiro atoms. The van der Waals surface area contributed by atoms with Crippen LogP contribution in [0.3, 0.4) is 0 Å². The minimum absolute atomic E-state index is 0.248. The Morgan fingerprint density at radius 1 is 0.531 bits per heavy atom. The molecular weight excluding hydrogens is 811 g/mol. The SMILES string of the molecule is CCCCCCC/C=C/CC/C=C/CCCC(O)C(O)C(COC1OC(CO)C(O)C(O)C1O)NC(=O)C(O)CCCCCCCCCCCCCCCCCCCCCCCCC. The molecule has 1 rings (SSSR count). The Kier molecular flexibility index (Phi) is 40.6. The Hall–Kier alpha value is -1.41. The van der Waals surface area contributed by atoms with E-state index in [1.165, 1.54) is 154 Å². The number of carbonyl (C=O) groups is 1. The summed E-state index contributed by atoms with van der Waals surface area (Å²) in [5, 5.41) is 75.8. The van der Waals surface area contributed by atoms with Gasteiger partial charge in [0, 0.05) is 0 Å². The number of aliphatic hydroxyl groups is 7. The first-order valence-corrected chi connectivity index (χ1v) is 26.7. The highest BCUT2D eigenvalue weighted by atomic mass is 16.7. The van der Waals surface area contributed by atoms with Crippen molar-refractivity contribution in [1.82, 2.24) is 5.32 Å². The number of amides is 1. The lowest BCUT2D eigenvalue weighted by molar-refractivity contribution is -0.303. The molecule has 1 heterocycles. The first-order chi connectivity index (χ1) is 31.2. The third-order valence-corrected chi connectivity index (χ3v) is 13.0. The Morgan fingerprint density at radius 2 is 0.938 bits per heavy atom. The van der Waals surface area contributed by atoms with Crippen LogP contribution >= 0.6 is 0 Å². The second kappa shape index (κ2) is 42.9. The summed E-state index contributed by atoms with van der Waals surface area (Å²) in [7, 11) is 0. The topological polar surface area (TPSA) is 189 Å². The number of nitrogens with one attached hydrogen (secondary N) is 1. The molecule has 0 radical (unpaired) electrons. The van der Waals surface area contributed by atoms with Crippen molar-refractivity contribution in [2.45, 2.75) is 294 Å². The lowest BCUT2D eigenvalue weighted by Gasteiger charge is -2.40. The maximum Gasteiger partial charge on any atom is 0.249 e. The van der Waals surface area contributed by atoms with Gasteiger partial charge < -0.3 is 50.5 Å². The Morgan fingerprint density at radius 3 is 1.39 bits per heavy atom. The molecule has 1 saturated heterocycles. The average molecular weight is 912 g/mol. The van der Waals surface area contributed by atoms with Gasteiger partial charge in [-0.3, -0.25) is 4.79 Å². The molecule has 9 atom stereocenters. The van der Waals surface area contributed by atoms with E-state index in [1.807, 2.05) is 0 Å². The van der Waals surface area contributed by atoms with E-state index in [0.717, 1.165) is 38.5 Å². The largest absolute Gasteiger partial charge is 0.394 e. The second-order valence-corrected chi connectivity index (χ2v) is 18.9. The molecule has 9 unspecified atom stereocenters. The minimum atomic E-state index is -1.67. The fourth-order valence-electron chi connectivity index (χ4n) is 8.58. The fourth-order valence-corrected chi connectivity index (χ4v) is 8.58. The molecule has 0 bridgehead atoms. The van der Waals surface area contributed by atoms with Gasteiger partial charge >= 0.3 is 0 Å². The van der Waals surface area contributed by atoms with E-state index in [-0.39, 0.29) is 12.8 Å². The fraction of sp³-hybridized carbons (Fsp3) is 0.906. The van der Waals surface area contributed by atoms with Crippen LogP contribution in [0.1, 0.15) is 239 Å². The predicted octanol–water partition coefficient (Wildman–Crippen LogP) is 10.2. The van der Waals surface area contributed by atoms with Gasteiger partial charge in [-0.25, -0.2) is 0 Å². The Labute approximate surface area is 391 Å². The van der Waals surface area contributed by atoms with Crippen molar-refractivity contribution in [2.24, 2.45) is 0 Å². The number of carbonyl (C=O) groups excluding carboxylic acids is 1. The van der Waals surface area contributed by atoms with Gasteiger partial charge in [-0.15, -0.1) is 0 Å². The second-order valence-electron chi connectivity index (χ2n) is 18.9. The van der Waals surface area contributed by atoms with Gasteiger partial charge in [0.15, 0.2) is 6.29 Å². The van der Waals surface area contributed by atoms with Gasteiger partial charge in [0.25, 0.3) is 0 Å². The zero-order valence-electron chi connectivity index (χ0n) is 41.0. The van der Waals surface area contributed by atoms with Crippen molar-refractivity contribution >= 4 is 5.91 Å². The summed E-state index contributed by atoms with van der Waals surface area (Å²) in [6, 6.07) is -1.19. The van der Waals surface area contributed by atoms with Gasteiger partial charge in [0.1, 0.15) is 36.6 Å². The number of unbranched alkanes of at least 4 members (excludes halogenated alkanes) is 29. The molecule has 0 aromatic rings. The summed E-state index contributed by atoms with van der Waals surface area (Å²) in [6.45, 7) is 3.43. The van der Waals surface area contributed by atoms with Gasteiger partial charge in [0.05, 0.1) is 25.4 Å². The van der Waals surface area contributed by atoms with E-state index in [2.05, 4.69) is 43.5 Å². The van der Waals surface area contributed by atoms with Crippen LogP contribution < -0.4 is 5.32 Å². The van der Waals surface area contributed by atoms with Gasteiger partial charge in [-0.2, -0.15) is 0 Å². The lowest BCUT2D eigenvalue weighted by Crippen LogP contribution is -2.60. The lowest BCUT2D eigenvalue weighted by atomic mass is 9.98. The van der Waals surface area contributed by atoms with Gasteiger partial charge in [-0.05, 0) is 51.4 Å². The highest BCUT2D eigenvalue weighted by molar-refractivity contribution is 5.80. The summed E-state index contributed by atoms with van der Waals surface area (Å²) in [5.74, 6) is -0.707. The van der Waals surface area contributed by atoms with Crippen molar-refractivity contribution < 1.29 is 50.0 Å². The monoisotopic (exact) mass is 912 g/mol. The van der Waals surface area contributed by atoms with Gasteiger partial charge in [0.2, 0.25) is 5.91 Å². The Bertz CT molecular complexity index is 1090. The number of aliphatic hydroxyl groups excluding tert-OH is 7. The predicted molar refractivity (Wildman–Crippen MR) is 261 cm³/mol. The van der Waals surface area contributed by atoms with Crippen molar-refractivity contribution in [3.63, 3.8) is 0 Å². The van der Waals surface area contributed by atoms with Crippen LogP contribution in [-0.2, 0) is 14.3 Å². The van der Waals surface area contributed by atoms with Crippen LogP contribution in [0.2, 0.25) is 0 Å². The van der Waals surface area contributed by atoms with Crippen LogP contribution in [0.15, 0.2) is 24.3 Å². The first-order valence-electron chi connectivity index (χ1n) is 26.7. The van der Waals surface area contributed by atoms with Crippen LogP contribution in [0.5, 0.6) is 0 Å². The van der Waals surface area contributed by atoms with Crippen molar-refractivity contribution in [2.75, 3.05) is 13.2 Å². The van der Waals surface area contributed by atoms with E-state index in [1.54, 1.807) is 0 Å². The summed E-state index contributed by atoms with van der Waals surface area (Å²) in [5.41, 5.74) is 0. The molecule has 1 fully saturated rings. The molecule has 11 nitrogen and oxygen atoms in total. The zero-order chi connectivity index (χ0) is 46.9. The molecule has 1 aliphatic heterocycles. The third-order valence-electron chi connectivity index (χ3n) is 13.0. The maximum absolute atomic E-state index is 13.1. The van der Waals surface area contributed by atoms with Crippen LogP contribution in [-0.4, -0.2) is 110 Å². The van der Waals surface area contributed by atoms with E-state index >= 15 is 0 Å². The summed E-state index contributed by atoms with van der Waals surface area (Å²) < 4.78 is 11.1. The number of allylic oxidation sites excluding steroid dienone is 4. The van der Waals surface area contributed by atoms with E-state index < -0.39 is 74.2 Å². The molecule has 0 aromatic heterocycles. The van der Waals surface area contributed by atoms with Crippen LogP contribution in [0.4, 0.5) is 0 Å². The molecule has 64 heavy (non-hydrogen) atoms. The number of hydrogen-bond donors (Lipinski definition) is 8. The average Bonchev–Trinajstić information content (AvgIpc) is 3.29. The smallest absolute Gasteiger partial charge is 0.249 e. The summed E-state index contributed by atoms with van der Waals surface area (Å²) in [4.78, 5) is 13.1. The van der Waals surface area contributed by atoms with Crippen molar-refractivity contribution in [1.29, 1.82) is 0 Å². The molecule has 0 saturated carbocycles. The maximum atomic E-state index is 13.1. The van der Waals surface area contributed by atoms with E-state index in [9.17, 15) is 40.5 Å². The third kappa shape index (κ3) is 31.5. The standard InChI is InChI=1S/C53H101NO10/c1-3-5-7-9-11-13-15-17-19-20-21-22-23-24-25-26-27-29-31-33-35-37-39-41-46(57)52(62)54-44(43-63-53-51(61)50(60)49(59)47(42-55)64-53)48(58)45(56)40-38-36-34-32-30-28-18-16-14-12-10-8-6-4-2/h16,18,32,34,44-51,53,55-61H,3-15,17,19-31,33,35-43H2,1-2H3,(H,54,62)/b18-16+,34-32+. The number of ether oxygens (including phenoxy) is 2. The minimum Gasteiger partial charge on any atom is -0.394 e. The van der Waals surface area contributed by atoms with Crippen LogP contribution in [0.25, 0.3) is 0 Å². The molecule has 0 aromatic carbocycles. The molecular formula is C53H101NO10. The molecule has 0 aliphatic carbocycles. The quantitative estimate of drug-likeness (QED) is 0.0216. The molecule has 1 amide bonds. The molecule has 378 valence electrons. The molecule has 1 aliphatic rings. The summed E-state index contributed by atoms with van der Waals surface area (Å²) in [6.07, 6.45) is 38.1. The highest BCUT2D eigenvalue weighted by Gasteiger charge is 2.44. The van der Waals surface area contributed by atoms with E-state index in [4.69, 9.17) is 9.47 Å². The van der Waals surface area contributed by atoms with Crippen LogP contribution in [0, 0.1) is 0 Å². The Balaban J connectivity index is 2.34. The first kappa shape index (κ1) is 60.6. The van der Waals surface area contributed by atoms with E-state index in [0.29, 0.717) is 19.3 Å². The van der Waals surface area contributed by atoms with Crippen molar-refractivity contribution in [3.8, 4) is 0 Å². The summed E-state index contributed by atoms with van der Waals surface area (Å²) >= 11 is 0. The molecule has 8 N–H and O–H groups in total. The zero-order valence-corrected chi connectivity index (χ0v) is 41.0. The molecule has 11 heteroatoms. The number of rotatable bonds is 45. The number of hydrogen-bond acceptors (Lipinski definition) is 10. The highest BCUT2D eigenvalue weighted by Crippen LogP contribution is 2.23.